The van der Waals surface area contributed by atoms with Gasteiger partial charge in [-0.3, -0.25) is 10.1 Å². The second-order valence-electron chi connectivity index (χ2n) is 6.14. The molecule has 1 amide bonds. The zero-order valence-electron chi connectivity index (χ0n) is 15.1. The Hall–Kier alpha value is -2.93. The van der Waals surface area contributed by atoms with Gasteiger partial charge in [0.25, 0.3) is 5.91 Å². The number of carbonyl (C=O) groups is 1. The zero-order valence-corrected chi connectivity index (χ0v) is 15.1. The molecule has 1 fully saturated rings. The smallest absolute Gasteiger partial charge is 0.258 e. The Balaban J connectivity index is 1.74. The van der Waals surface area contributed by atoms with Gasteiger partial charge in [-0.05, 0) is 55.3 Å². The number of nitrogens with zero attached hydrogens (tertiary/aromatic N) is 1. The van der Waals surface area contributed by atoms with Crippen LogP contribution >= 0.6 is 0 Å². The Labute approximate surface area is 157 Å². The molecule has 0 radical (unpaired) electrons. The van der Waals surface area contributed by atoms with Crippen molar-refractivity contribution in [2.75, 3.05) is 25.6 Å². The highest BCUT2D eigenvalue weighted by Crippen LogP contribution is 2.14. The monoisotopic (exact) mass is 371 g/mol. The summed E-state index contributed by atoms with van der Waals surface area (Å²) in [6.45, 7) is 1.17. The third-order valence-corrected chi connectivity index (χ3v) is 4.15. The van der Waals surface area contributed by atoms with Crippen molar-refractivity contribution < 1.29 is 18.7 Å². The number of anilines is 1. The molecule has 0 aromatic heterocycles. The number of hydrogen-bond donors (Lipinski definition) is 2. The lowest BCUT2D eigenvalue weighted by Crippen LogP contribution is -2.36. The topological polar surface area (TPSA) is 72.0 Å². The summed E-state index contributed by atoms with van der Waals surface area (Å²) >= 11 is 0. The summed E-state index contributed by atoms with van der Waals surface area (Å²) in [7, 11) is 1.54. The van der Waals surface area contributed by atoms with Crippen LogP contribution in [0.1, 0.15) is 23.2 Å². The molecule has 2 aromatic carbocycles. The number of rotatable bonds is 5. The van der Waals surface area contributed by atoms with Crippen LogP contribution in [-0.2, 0) is 4.74 Å². The van der Waals surface area contributed by atoms with E-state index in [9.17, 15) is 9.18 Å². The van der Waals surface area contributed by atoms with Crippen LogP contribution in [0.2, 0.25) is 0 Å². The molecular formula is C20H22FN3O3. The molecule has 142 valence electrons. The second kappa shape index (κ2) is 9.14. The van der Waals surface area contributed by atoms with E-state index in [4.69, 9.17) is 9.47 Å². The third-order valence-electron chi connectivity index (χ3n) is 4.15. The maximum atomic E-state index is 13.1. The predicted molar refractivity (Wildman–Crippen MR) is 102 cm³/mol. The molecule has 1 atom stereocenters. The maximum Gasteiger partial charge on any atom is 0.258 e. The quantitative estimate of drug-likeness (QED) is 0.625. The molecule has 27 heavy (non-hydrogen) atoms. The van der Waals surface area contributed by atoms with Crippen molar-refractivity contribution in [2.24, 2.45) is 4.99 Å². The average Bonchev–Trinajstić information content (AvgIpc) is 3.21. The minimum atomic E-state index is -0.334. The third kappa shape index (κ3) is 5.52. The normalized spacial score (nSPS) is 16.8. The molecule has 2 aromatic rings. The molecule has 1 aliphatic heterocycles. The largest absolute Gasteiger partial charge is 0.497 e. The number of benzene rings is 2. The van der Waals surface area contributed by atoms with Crippen LogP contribution in [0.3, 0.4) is 0 Å². The van der Waals surface area contributed by atoms with Gasteiger partial charge >= 0.3 is 0 Å². The number of carbonyl (C=O) groups excluding carboxylic acids is 1. The zero-order chi connectivity index (χ0) is 19.1. The van der Waals surface area contributed by atoms with E-state index in [0.717, 1.165) is 19.4 Å². The first-order chi connectivity index (χ1) is 13.1. The standard InChI is InChI=1S/C20H22FN3O3/c1-26-17-5-2-4-14(12-17)19(25)24-20(22-13-18-6-3-11-27-18)23-16-9-7-15(21)8-10-16/h2,4-5,7-10,12,18H,3,6,11,13H2,1H3,(H2,22,23,24,25)/t18-/m0/s1. The predicted octanol–water partition coefficient (Wildman–Crippen LogP) is 3.21. The molecule has 2 N–H and O–H groups in total. The van der Waals surface area contributed by atoms with Crippen LogP contribution in [0.4, 0.5) is 10.1 Å². The van der Waals surface area contributed by atoms with Gasteiger partial charge in [-0.2, -0.15) is 0 Å². The molecule has 1 saturated heterocycles. The van der Waals surface area contributed by atoms with Crippen LogP contribution in [0.5, 0.6) is 5.75 Å². The molecule has 0 spiro atoms. The summed E-state index contributed by atoms with van der Waals surface area (Å²) in [4.78, 5) is 17.0. The van der Waals surface area contributed by atoms with Gasteiger partial charge in [0, 0.05) is 17.9 Å². The summed E-state index contributed by atoms with van der Waals surface area (Å²) in [6, 6.07) is 12.7. The molecule has 1 aliphatic rings. The Morgan fingerprint density at radius 2 is 2.11 bits per heavy atom. The molecule has 1 heterocycles. The highest BCUT2D eigenvalue weighted by atomic mass is 19.1. The number of hydrogen-bond acceptors (Lipinski definition) is 4. The number of aliphatic imine (C=N–C) groups is 1. The first-order valence-electron chi connectivity index (χ1n) is 8.78. The summed E-state index contributed by atoms with van der Waals surface area (Å²) in [5.41, 5.74) is 1.06. The number of halogens is 1. The first kappa shape index (κ1) is 18.8. The van der Waals surface area contributed by atoms with Crippen LogP contribution in [-0.4, -0.2) is 38.2 Å². The van der Waals surface area contributed by atoms with Crippen molar-refractivity contribution in [1.82, 2.24) is 5.32 Å². The van der Waals surface area contributed by atoms with Gasteiger partial charge in [0.15, 0.2) is 0 Å². The minimum Gasteiger partial charge on any atom is -0.497 e. The fraction of sp³-hybridized carbons (Fsp3) is 0.300. The van der Waals surface area contributed by atoms with E-state index in [0.29, 0.717) is 23.5 Å². The van der Waals surface area contributed by atoms with Crippen molar-refractivity contribution in [2.45, 2.75) is 18.9 Å². The fourth-order valence-corrected chi connectivity index (χ4v) is 2.71. The molecule has 0 saturated carbocycles. The van der Waals surface area contributed by atoms with E-state index in [1.165, 1.54) is 12.1 Å². The number of ether oxygens (including phenoxy) is 2. The van der Waals surface area contributed by atoms with Crippen molar-refractivity contribution >= 4 is 17.6 Å². The van der Waals surface area contributed by atoms with Crippen molar-refractivity contribution in [3.8, 4) is 5.75 Å². The van der Waals surface area contributed by atoms with Gasteiger partial charge in [0.2, 0.25) is 5.96 Å². The molecule has 0 aliphatic carbocycles. The van der Waals surface area contributed by atoms with Gasteiger partial charge in [-0.25, -0.2) is 9.38 Å². The van der Waals surface area contributed by atoms with E-state index < -0.39 is 0 Å². The van der Waals surface area contributed by atoms with Gasteiger partial charge < -0.3 is 14.8 Å². The van der Waals surface area contributed by atoms with Crippen molar-refractivity contribution in [1.29, 1.82) is 0 Å². The van der Waals surface area contributed by atoms with E-state index in [-0.39, 0.29) is 23.8 Å². The molecule has 6 nitrogen and oxygen atoms in total. The molecule has 3 rings (SSSR count). The number of amides is 1. The second-order valence-corrected chi connectivity index (χ2v) is 6.14. The Morgan fingerprint density at radius 3 is 2.81 bits per heavy atom. The fourth-order valence-electron chi connectivity index (χ4n) is 2.71. The lowest BCUT2D eigenvalue weighted by molar-refractivity contribution is 0.0975. The van der Waals surface area contributed by atoms with Gasteiger partial charge in [0.1, 0.15) is 11.6 Å². The van der Waals surface area contributed by atoms with Crippen LogP contribution in [0.15, 0.2) is 53.5 Å². The van der Waals surface area contributed by atoms with Crippen molar-refractivity contribution in [3.63, 3.8) is 0 Å². The molecular weight excluding hydrogens is 349 g/mol. The molecule has 0 bridgehead atoms. The molecule has 0 unspecified atom stereocenters. The number of guanidine groups is 1. The molecule has 7 heteroatoms. The first-order valence-corrected chi connectivity index (χ1v) is 8.78. The van der Waals surface area contributed by atoms with E-state index in [1.54, 1.807) is 43.5 Å². The summed E-state index contributed by atoms with van der Waals surface area (Å²) < 4.78 is 23.9. The maximum absolute atomic E-state index is 13.1. The van der Waals surface area contributed by atoms with Crippen LogP contribution in [0.25, 0.3) is 0 Å². The van der Waals surface area contributed by atoms with Crippen LogP contribution < -0.4 is 15.4 Å². The lowest BCUT2D eigenvalue weighted by Gasteiger charge is -2.13. The summed E-state index contributed by atoms with van der Waals surface area (Å²) in [5.74, 6) is 0.213. The highest BCUT2D eigenvalue weighted by Gasteiger charge is 2.16. The van der Waals surface area contributed by atoms with Gasteiger partial charge in [-0.1, -0.05) is 6.07 Å². The Bertz CT molecular complexity index is 802. The SMILES string of the molecule is COc1cccc(C(=O)NC(=NC[C@@H]2CCCO2)Nc2ccc(F)cc2)c1. The lowest BCUT2D eigenvalue weighted by atomic mass is 10.2. The average molecular weight is 371 g/mol. The Kier molecular flexibility index (Phi) is 6.38. The van der Waals surface area contributed by atoms with E-state index in [2.05, 4.69) is 15.6 Å². The summed E-state index contributed by atoms with van der Waals surface area (Å²) in [5, 5.41) is 5.79. The van der Waals surface area contributed by atoms with Crippen LogP contribution in [0, 0.1) is 5.82 Å². The van der Waals surface area contributed by atoms with Gasteiger partial charge in [-0.15, -0.1) is 0 Å². The van der Waals surface area contributed by atoms with E-state index >= 15 is 0 Å². The van der Waals surface area contributed by atoms with Gasteiger partial charge in [0.05, 0.1) is 19.8 Å². The highest BCUT2D eigenvalue weighted by molar-refractivity contribution is 6.10. The van der Waals surface area contributed by atoms with Crippen molar-refractivity contribution in [3.05, 3.63) is 59.9 Å². The Morgan fingerprint density at radius 1 is 1.30 bits per heavy atom. The number of methoxy groups -OCH3 is 1. The van der Waals surface area contributed by atoms with E-state index in [1.807, 2.05) is 0 Å². The summed E-state index contributed by atoms with van der Waals surface area (Å²) in [6.07, 6.45) is 2.00. The number of nitrogens with one attached hydrogen (secondary N) is 2. The minimum absolute atomic E-state index is 0.0451.